The standard InChI is InChI=1S/C24H26N2O5S/c1-24(2,3)16-11-12-21(22(13-16)31-19-9-6-8-18(15-19)30-4)23(27)26-17-7-5-10-20(14-17)32(25,28)29/h5-15H,1-4H3,(H,26,27)(H2,25,28,29). The molecule has 0 fully saturated rings. The van der Waals surface area contributed by atoms with E-state index in [1.54, 1.807) is 43.5 Å². The summed E-state index contributed by atoms with van der Waals surface area (Å²) >= 11 is 0. The monoisotopic (exact) mass is 454 g/mol. The van der Waals surface area contributed by atoms with Gasteiger partial charge in [0.25, 0.3) is 5.91 Å². The van der Waals surface area contributed by atoms with Crippen molar-refractivity contribution in [2.45, 2.75) is 31.1 Å². The molecule has 0 unspecified atom stereocenters. The second-order valence-corrected chi connectivity index (χ2v) is 9.83. The van der Waals surface area contributed by atoms with E-state index in [9.17, 15) is 13.2 Å². The van der Waals surface area contributed by atoms with Gasteiger partial charge in [-0.05, 0) is 53.4 Å². The van der Waals surface area contributed by atoms with Crippen LogP contribution in [-0.2, 0) is 15.4 Å². The maximum absolute atomic E-state index is 13.1. The molecule has 0 atom stereocenters. The molecule has 3 aromatic carbocycles. The number of methoxy groups -OCH3 is 1. The van der Waals surface area contributed by atoms with E-state index in [2.05, 4.69) is 26.1 Å². The fraction of sp³-hybridized carbons (Fsp3) is 0.208. The van der Waals surface area contributed by atoms with Gasteiger partial charge in [-0.15, -0.1) is 0 Å². The van der Waals surface area contributed by atoms with Crippen molar-refractivity contribution in [3.05, 3.63) is 77.9 Å². The molecule has 8 heteroatoms. The molecule has 32 heavy (non-hydrogen) atoms. The number of carbonyl (C=O) groups excluding carboxylic acids is 1. The number of hydrogen-bond donors (Lipinski definition) is 2. The predicted molar refractivity (Wildman–Crippen MR) is 124 cm³/mol. The number of hydrogen-bond acceptors (Lipinski definition) is 5. The zero-order chi connectivity index (χ0) is 23.5. The number of amides is 1. The number of nitrogens with two attached hydrogens (primary N) is 1. The maximum atomic E-state index is 13.1. The molecule has 0 aromatic heterocycles. The van der Waals surface area contributed by atoms with E-state index in [1.807, 2.05) is 12.1 Å². The van der Waals surface area contributed by atoms with Gasteiger partial charge >= 0.3 is 0 Å². The average Bonchev–Trinajstić information content (AvgIpc) is 2.72. The third-order valence-electron chi connectivity index (χ3n) is 4.78. The van der Waals surface area contributed by atoms with Crippen LogP contribution in [0.2, 0.25) is 0 Å². The Hall–Kier alpha value is -3.36. The molecule has 0 aliphatic rings. The van der Waals surface area contributed by atoms with E-state index < -0.39 is 15.9 Å². The first kappa shape index (κ1) is 23.3. The third-order valence-corrected chi connectivity index (χ3v) is 5.69. The van der Waals surface area contributed by atoms with Crippen molar-refractivity contribution in [2.75, 3.05) is 12.4 Å². The summed E-state index contributed by atoms with van der Waals surface area (Å²) < 4.78 is 34.5. The van der Waals surface area contributed by atoms with Crippen molar-refractivity contribution in [1.29, 1.82) is 0 Å². The molecule has 0 radical (unpaired) electrons. The van der Waals surface area contributed by atoms with Crippen molar-refractivity contribution in [1.82, 2.24) is 0 Å². The van der Waals surface area contributed by atoms with Gasteiger partial charge in [0.1, 0.15) is 17.2 Å². The lowest BCUT2D eigenvalue weighted by Crippen LogP contribution is -2.16. The Bertz CT molecular complexity index is 1250. The summed E-state index contributed by atoms with van der Waals surface area (Å²) in [5, 5.41) is 7.90. The van der Waals surface area contributed by atoms with Crippen LogP contribution in [0.3, 0.4) is 0 Å². The van der Waals surface area contributed by atoms with Crippen LogP contribution in [-0.4, -0.2) is 21.4 Å². The van der Waals surface area contributed by atoms with Gasteiger partial charge < -0.3 is 14.8 Å². The van der Waals surface area contributed by atoms with E-state index in [4.69, 9.17) is 14.6 Å². The molecular formula is C24H26N2O5S. The van der Waals surface area contributed by atoms with Gasteiger partial charge in [-0.2, -0.15) is 0 Å². The first-order chi connectivity index (χ1) is 15.0. The van der Waals surface area contributed by atoms with Crippen LogP contribution >= 0.6 is 0 Å². The molecular weight excluding hydrogens is 428 g/mol. The van der Waals surface area contributed by atoms with Crippen LogP contribution in [0.25, 0.3) is 0 Å². The molecule has 0 aliphatic heterocycles. The van der Waals surface area contributed by atoms with Crippen molar-refractivity contribution < 1.29 is 22.7 Å². The van der Waals surface area contributed by atoms with Gasteiger partial charge in [0.05, 0.1) is 17.6 Å². The lowest BCUT2D eigenvalue weighted by Gasteiger charge is -2.21. The predicted octanol–water partition coefficient (Wildman–Crippen LogP) is 4.68. The van der Waals surface area contributed by atoms with Crippen LogP contribution in [0.5, 0.6) is 17.2 Å². The van der Waals surface area contributed by atoms with Crippen molar-refractivity contribution in [3.63, 3.8) is 0 Å². The van der Waals surface area contributed by atoms with E-state index in [0.717, 1.165) is 5.56 Å². The van der Waals surface area contributed by atoms with E-state index in [1.165, 1.54) is 18.2 Å². The zero-order valence-electron chi connectivity index (χ0n) is 18.4. The van der Waals surface area contributed by atoms with Gasteiger partial charge in [0.2, 0.25) is 10.0 Å². The number of sulfonamides is 1. The van der Waals surface area contributed by atoms with Crippen LogP contribution in [0.15, 0.2) is 71.6 Å². The lowest BCUT2D eigenvalue weighted by molar-refractivity contribution is 0.102. The minimum absolute atomic E-state index is 0.0914. The summed E-state index contributed by atoms with van der Waals surface area (Å²) in [7, 11) is -2.33. The number of rotatable bonds is 6. The third kappa shape index (κ3) is 5.66. The fourth-order valence-corrected chi connectivity index (χ4v) is 3.56. The Morgan fingerprint density at radius 1 is 0.938 bits per heavy atom. The average molecular weight is 455 g/mol. The number of ether oxygens (including phenoxy) is 2. The van der Waals surface area contributed by atoms with E-state index >= 15 is 0 Å². The summed E-state index contributed by atoms with van der Waals surface area (Å²) in [6.45, 7) is 6.20. The smallest absolute Gasteiger partial charge is 0.259 e. The van der Waals surface area contributed by atoms with Crippen LogP contribution in [0.4, 0.5) is 5.69 Å². The molecule has 3 rings (SSSR count). The number of anilines is 1. The largest absolute Gasteiger partial charge is 0.497 e. The first-order valence-corrected chi connectivity index (χ1v) is 11.4. The summed E-state index contributed by atoms with van der Waals surface area (Å²) in [5.41, 5.74) is 1.42. The second-order valence-electron chi connectivity index (χ2n) is 8.27. The minimum atomic E-state index is -3.89. The Kier molecular flexibility index (Phi) is 6.57. The van der Waals surface area contributed by atoms with Gasteiger partial charge in [-0.3, -0.25) is 4.79 Å². The highest BCUT2D eigenvalue weighted by atomic mass is 32.2. The van der Waals surface area contributed by atoms with Crippen LogP contribution in [0, 0.1) is 0 Å². The molecule has 1 amide bonds. The van der Waals surface area contributed by atoms with Crippen molar-refractivity contribution >= 4 is 21.6 Å². The molecule has 0 spiro atoms. The second kappa shape index (κ2) is 9.02. The number of benzene rings is 3. The van der Waals surface area contributed by atoms with Gasteiger partial charge in [0, 0.05) is 11.8 Å². The van der Waals surface area contributed by atoms with Crippen molar-refractivity contribution in [3.8, 4) is 17.2 Å². The SMILES string of the molecule is COc1cccc(Oc2cc(C(C)(C)C)ccc2C(=O)Nc2cccc(S(N)(=O)=O)c2)c1. The highest BCUT2D eigenvalue weighted by molar-refractivity contribution is 7.89. The van der Waals surface area contributed by atoms with Gasteiger partial charge in [-0.1, -0.05) is 39.0 Å². The van der Waals surface area contributed by atoms with E-state index in [0.29, 0.717) is 28.5 Å². The highest BCUT2D eigenvalue weighted by Gasteiger charge is 2.20. The Labute approximate surface area is 188 Å². The summed E-state index contributed by atoms with van der Waals surface area (Å²) in [5.74, 6) is 1.06. The molecule has 3 N–H and O–H groups in total. The zero-order valence-corrected chi connectivity index (χ0v) is 19.2. The first-order valence-electron chi connectivity index (χ1n) is 9.88. The summed E-state index contributed by atoms with van der Waals surface area (Å²) in [6, 6.07) is 18.2. The quantitative estimate of drug-likeness (QED) is 0.562. The molecule has 0 saturated heterocycles. The molecule has 0 heterocycles. The minimum Gasteiger partial charge on any atom is -0.497 e. The molecule has 0 bridgehead atoms. The Morgan fingerprint density at radius 3 is 2.28 bits per heavy atom. The van der Waals surface area contributed by atoms with E-state index in [-0.39, 0.29) is 10.3 Å². The summed E-state index contributed by atoms with van der Waals surface area (Å²) in [4.78, 5) is 13.0. The fourth-order valence-electron chi connectivity index (χ4n) is 3.00. The molecule has 7 nitrogen and oxygen atoms in total. The summed E-state index contributed by atoms with van der Waals surface area (Å²) in [6.07, 6.45) is 0. The van der Waals surface area contributed by atoms with Crippen molar-refractivity contribution in [2.24, 2.45) is 5.14 Å². The van der Waals surface area contributed by atoms with Crippen LogP contribution < -0.4 is 19.9 Å². The van der Waals surface area contributed by atoms with Crippen LogP contribution in [0.1, 0.15) is 36.7 Å². The maximum Gasteiger partial charge on any atom is 0.259 e. The Balaban J connectivity index is 1.98. The molecule has 0 aliphatic carbocycles. The van der Waals surface area contributed by atoms with Gasteiger partial charge in [-0.25, -0.2) is 13.6 Å². The highest BCUT2D eigenvalue weighted by Crippen LogP contribution is 2.33. The number of primary sulfonamides is 1. The van der Waals surface area contributed by atoms with Gasteiger partial charge in [0.15, 0.2) is 0 Å². The molecule has 168 valence electrons. The topological polar surface area (TPSA) is 108 Å². The molecule has 0 saturated carbocycles. The molecule has 3 aromatic rings. The normalized spacial score (nSPS) is 11.7. The number of carbonyl (C=O) groups is 1. The lowest BCUT2D eigenvalue weighted by atomic mass is 9.86. The number of nitrogens with one attached hydrogen (secondary N) is 1. The Morgan fingerprint density at radius 2 is 1.62 bits per heavy atom.